The van der Waals surface area contributed by atoms with Gasteiger partial charge in [-0.3, -0.25) is 9.59 Å². The second-order valence-corrected chi connectivity index (χ2v) is 5.42. The monoisotopic (exact) mass is 248 g/mol. The quantitative estimate of drug-likeness (QED) is 0.765. The average molecular weight is 249 g/mol. The Labute approximate surface area is 102 Å². The Hall–Kier alpha value is -0.770. The molecule has 0 radical (unpaired) electrons. The average Bonchev–Trinajstić information content (AvgIpc) is 2.09. The van der Waals surface area contributed by atoms with Crippen LogP contribution in [0, 0.1) is 0 Å². The molecule has 94 valence electrons. The van der Waals surface area contributed by atoms with Gasteiger partial charge in [-0.05, 0) is 34.6 Å². The molecule has 4 nitrogen and oxygen atoms in total. The Morgan fingerprint density at radius 3 is 2.19 bits per heavy atom. The molecule has 1 N–H and O–H groups in total. The van der Waals surface area contributed by atoms with Crippen molar-refractivity contribution in [3.63, 3.8) is 0 Å². The first kappa shape index (κ1) is 15.2. The minimum Gasteiger partial charge on any atom is -0.350 e. The Balaban J connectivity index is 4.34. The molecule has 16 heavy (non-hydrogen) atoms. The van der Waals surface area contributed by atoms with Crippen LogP contribution >= 0.6 is 11.6 Å². The maximum atomic E-state index is 11.6. The predicted octanol–water partition coefficient (Wildman–Crippen LogP) is 1.38. The topological polar surface area (TPSA) is 49.4 Å². The number of likely N-dealkylation sites (N-methyl/N-ethyl adjacent to an activating group) is 1. The van der Waals surface area contributed by atoms with E-state index in [1.807, 2.05) is 27.7 Å². The molecule has 0 saturated carbocycles. The fourth-order valence-electron chi connectivity index (χ4n) is 1.23. The summed E-state index contributed by atoms with van der Waals surface area (Å²) in [6.07, 6.45) is 0. The fraction of sp³-hybridized carbons (Fsp3) is 0.818. The van der Waals surface area contributed by atoms with E-state index in [-0.39, 0.29) is 23.9 Å². The number of rotatable bonds is 4. The number of hydrogen-bond donors (Lipinski definition) is 1. The largest absolute Gasteiger partial charge is 0.350 e. The van der Waals surface area contributed by atoms with Gasteiger partial charge in [0.05, 0.1) is 6.54 Å². The number of hydrogen-bond acceptors (Lipinski definition) is 2. The van der Waals surface area contributed by atoms with Crippen LogP contribution in [0.1, 0.15) is 34.6 Å². The van der Waals surface area contributed by atoms with E-state index < -0.39 is 5.38 Å². The molecule has 0 aliphatic heterocycles. The summed E-state index contributed by atoms with van der Waals surface area (Å²) in [5.74, 6) is -0.381. The lowest BCUT2D eigenvalue weighted by Gasteiger charge is -2.25. The van der Waals surface area contributed by atoms with Gasteiger partial charge in [-0.15, -0.1) is 11.6 Å². The highest BCUT2D eigenvalue weighted by Crippen LogP contribution is 2.03. The van der Waals surface area contributed by atoms with Crippen molar-refractivity contribution in [2.75, 3.05) is 13.1 Å². The highest BCUT2D eigenvalue weighted by molar-refractivity contribution is 6.30. The van der Waals surface area contributed by atoms with Crippen LogP contribution in [0.2, 0.25) is 0 Å². The molecule has 2 amide bonds. The summed E-state index contributed by atoms with van der Waals surface area (Å²) >= 11 is 5.70. The SMILES string of the molecule is CCN(CC(=O)NC(C)(C)C)C(=O)C(C)Cl. The van der Waals surface area contributed by atoms with Gasteiger partial charge in [0, 0.05) is 12.1 Å². The lowest BCUT2D eigenvalue weighted by atomic mass is 10.1. The van der Waals surface area contributed by atoms with E-state index in [4.69, 9.17) is 11.6 Å². The summed E-state index contributed by atoms with van der Waals surface area (Å²) in [4.78, 5) is 24.6. The normalized spacial score (nSPS) is 13.1. The second kappa shape index (κ2) is 6.09. The first-order chi connectivity index (χ1) is 7.17. The molecule has 0 fully saturated rings. The van der Waals surface area contributed by atoms with Gasteiger partial charge in [0.2, 0.25) is 11.8 Å². The van der Waals surface area contributed by atoms with Gasteiger partial charge >= 0.3 is 0 Å². The van der Waals surface area contributed by atoms with Crippen molar-refractivity contribution in [3.8, 4) is 0 Å². The zero-order valence-electron chi connectivity index (χ0n) is 10.6. The van der Waals surface area contributed by atoms with Gasteiger partial charge in [-0.25, -0.2) is 0 Å². The second-order valence-electron chi connectivity index (χ2n) is 4.77. The smallest absolute Gasteiger partial charge is 0.240 e. The van der Waals surface area contributed by atoms with Crippen molar-refractivity contribution in [3.05, 3.63) is 0 Å². The molecule has 1 unspecified atom stereocenters. The van der Waals surface area contributed by atoms with E-state index in [2.05, 4.69) is 5.32 Å². The lowest BCUT2D eigenvalue weighted by Crippen LogP contribution is -2.48. The van der Waals surface area contributed by atoms with Gasteiger partial charge in [-0.2, -0.15) is 0 Å². The molecule has 0 spiro atoms. The molecule has 0 aromatic carbocycles. The summed E-state index contributed by atoms with van der Waals surface area (Å²) in [7, 11) is 0. The zero-order chi connectivity index (χ0) is 12.9. The van der Waals surface area contributed by atoms with E-state index in [1.54, 1.807) is 6.92 Å². The Bertz CT molecular complexity index is 259. The number of nitrogens with zero attached hydrogens (tertiary/aromatic N) is 1. The van der Waals surface area contributed by atoms with E-state index in [9.17, 15) is 9.59 Å². The number of carbonyl (C=O) groups excluding carboxylic acids is 2. The van der Waals surface area contributed by atoms with Gasteiger partial charge in [0.15, 0.2) is 0 Å². The third-order valence-corrected chi connectivity index (χ3v) is 2.07. The molecule has 0 heterocycles. The molecule has 0 bridgehead atoms. The van der Waals surface area contributed by atoms with E-state index >= 15 is 0 Å². The first-order valence-electron chi connectivity index (χ1n) is 5.41. The van der Waals surface area contributed by atoms with Crippen molar-refractivity contribution in [2.45, 2.75) is 45.5 Å². The van der Waals surface area contributed by atoms with Gasteiger partial charge in [0.1, 0.15) is 5.38 Å². The number of carbonyl (C=O) groups is 2. The summed E-state index contributed by atoms with van der Waals surface area (Å²) in [5, 5.41) is 2.21. The molecule has 0 aromatic heterocycles. The van der Waals surface area contributed by atoms with E-state index in [1.165, 1.54) is 4.90 Å². The number of alkyl halides is 1. The first-order valence-corrected chi connectivity index (χ1v) is 5.85. The summed E-state index contributed by atoms with van der Waals surface area (Å²) in [5.41, 5.74) is -0.286. The molecular formula is C11H21ClN2O2. The zero-order valence-corrected chi connectivity index (χ0v) is 11.4. The molecule has 0 aromatic rings. The van der Waals surface area contributed by atoms with Crippen LogP contribution in [0.4, 0.5) is 0 Å². The molecule has 1 atom stereocenters. The number of nitrogens with one attached hydrogen (secondary N) is 1. The lowest BCUT2D eigenvalue weighted by molar-refractivity contribution is -0.135. The third kappa shape index (κ3) is 5.95. The highest BCUT2D eigenvalue weighted by atomic mass is 35.5. The maximum absolute atomic E-state index is 11.6. The summed E-state index contributed by atoms with van der Waals surface area (Å²) in [6.45, 7) is 9.65. The number of amides is 2. The standard InChI is InChI=1S/C11H21ClN2O2/c1-6-14(10(16)8(2)12)7-9(15)13-11(3,4)5/h8H,6-7H2,1-5H3,(H,13,15). The van der Waals surface area contributed by atoms with Crippen molar-refractivity contribution < 1.29 is 9.59 Å². The van der Waals surface area contributed by atoms with Crippen molar-refractivity contribution >= 4 is 23.4 Å². The Morgan fingerprint density at radius 1 is 1.38 bits per heavy atom. The van der Waals surface area contributed by atoms with Crippen LogP contribution in [-0.2, 0) is 9.59 Å². The molecule has 0 aliphatic carbocycles. The molecule has 0 rings (SSSR count). The van der Waals surface area contributed by atoms with Crippen molar-refractivity contribution in [1.29, 1.82) is 0 Å². The number of halogens is 1. The minimum absolute atomic E-state index is 0.0592. The molecule has 5 heteroatoms. The summed E-state index contributed by atoms with van der Waals surface area (Å²) in [6, 6.07) is 0. The van der Waals surface area contributed by atoms with Crippen LogP contribution in [-0.4, -0.2) is 40.7 Å². The fourth-order valence-corrected chi connectivity index (χ4v) is 1.37. The van der Waals surface area contributed by atoms with Gasteiger partial charge in [0.25, 0.3) is 0 Å². The van der Waals surface area contributed by atoms with Gasteiger partial charge in [-0.1, -0.05) is 0 Å². The van der Waals surface area contributed by atoms with Crippen LogP contribution in [0.25, 0.3) is 0 Å². The third-order valence-electron chi connectivity index (χ3n) is 1.88. The van der Waals surface area contributed by atoms with Crippen LogP contribution in [0.5, 0.6) is 0 Å². The molecule has 0 aliphatic rings. The van der Waals surface area contributed by atoms with Gasteiger partial charge < -0.3 is 10.2 Å². The van der Waals surface area contributed by atoms with Crippen LogP contribution in [0.3, 0.4) is 0 Å². The molecule has 0 saturated heterocycles. The van der Waals surface area contributed by atoms with E-state index in [0.29, 0.717) is 6.54 Å². The maximum Gasteiger partial charge on any atom is 0.240 e. The van der Waals surface area contributed by atoms with Crippen LogP contribution in [0.15, 0.2) is 0 Å². The van der Waals surface area contributed by atoms with Crippen molar-refractivity contribution in [2.24, 2.45) is 0 Å². The molecular weight excluding hydrogens is 228 g/mol. The van der Waals surface area contributed by atoms with Crippen LogP contribution < -0.4 is 5.32 Å². The van der Waals surface area contributed by atoms with E-state index in [0.717, 1.165) is 0 Å². The van der Waals surface area contributed by atoms with Crippen molar-refractivity contribution in [1.82, 2.24) is 10.2 Å². The predicted molar refractivity (Wildman–Crippen MR) is 65.5 cm³/mol. The Kier molecular flexibility index (Phi) is 5.79. The minimum atomic E-state index is -0.595. The summed E-state index contributed by atoms with van der Waals surface area (Å²) < 4.78 is 0. The highest BCUT2D eigenvalue weighted by Gasteiger charge is 2.21. The Morgan fingerprint density at radius 2 is 1.88 bits per heavy atom.